The van der Waals surface area contributed by atoms with Gasteiger partial charge in [0.1, 0.15) is 0 Å². The summed E-state index contributed by atoms with van der Waals surface area (Å²) in [6.07, 6.45) is 0.461. The van der Waals surface area contributed by atoms with Crippen LogP contribution in [-0.2, 0) is 16.6 Å². The number of benzene rings is 1. The van der Waals surface area contributed by atoms with E-state index in [0.717, 1.165) is 5.56 Å². The minimum absolute atomic E-state index is 0.278. The van der Waals surface area contributed by atoms with E-state index in [4.69, 9.17) is 11.6 Å². The summed E-state index contributed by atoms with van der Waals surface area (Å²) in [4.78, 5) is 0. The zero-order chi connectivity index (χ0) is 11.5. The Morgan fingerprint density at radius 2 is 2.00 bits per heavy atom. The molecule has 0 aromatic heterocycles. The first-order valence-electron chi connectivity index (χ1n) is 4.54. The van der Waals surface area contributed by atoms with Crippen LogP contribution < -0.4 is 0 Å². The van der Waals surface area contributed by atoms with Gasteiger partial charge in [-0.3, -0.25) is 0 Å². The molecule has 84 valence electrons. The molecule has 0 N–H and O–H groups in total. The van der Waals surface area contributed by atoms with Crippen molar-refractivity contribution in [1.29, 1.82) is 0 Å². The lowest BCUT2D eigenvalue weighted by molar-refractivity contribution is 0.530. The van der Waals surface area contributed by atoms with E-state index in [1.807, 2.05) is 12.1 Å². The Morgan fingerprint density at radius 3 is 2.53 bits per heavy atom. The van der Waals surface area contributed by atoms with E-state index >= 15 is 0 Å². The first kappa shape index (κ1) is 12.5. The third-order valence-corrected chi connectivity index (χ3v) is 3.35. The first-order chi connectivity index (χ1) is 6.88. The largest absolute Gasteiger partial charge is 0.302 e. The third-order valence-electron chi connectivity index (χ3n) is 2.01. The van der Waals surface area contributed by atoms with Gasteiger partial charge in [0.2, 0.25) is 0 Å². The Bertz CT molecular complexity index is 431. The van der Waals surface area contributed by atoms with Crippen molar-refractivity contribution in [2.45, 2.75) is 13.3 Å². The molecular weight excluding hydrogens is 239 g/mol. The topological polar surface area (TPSA) is 34.1 Å². The molecule has 0 fully saturated rings. The number of hydrogen-bond acceptors (Lipinski definition) is 2. The highest BCUT2D eigenvalue weighted by molar-refractivity contribution is 7.86. The van der Waals surface area contributed by atoms with Gasteiger partial charge in [-0.1, -0.05) is 36.7 Å². The second-order valence-electron chi connectivity index (χ2n) is 3.61. The van der Waals surface area contributed by atoms with Gasteiger partial charge in [-0.05, 0) is 24.0 Å². The van der Waals surface area contributed by atoms with Gasteiger partial charge in [0.15, 0.2) is 0 Å². The Kier molecular flexibility index (Phi) is 4.11. The fourth-order valence-corrected chi connectivity index (χ4v) is 2.45. The van der Waals surface area contributed by atoms with Crippen molar-refractivity contribution < 1.29 is 12.3 Å². The Morgan fingerprint density at radius 1 is 1.40 bits per heavy atom. The molecule has 1 unspecified atom stereocenters. The molecule has 5 heteroatoms. The van der Waals surface area contributed by atoms with Crippen LogP contribution in [-0.4, -0.2) is 14.2 Å². The van der Waals surface area contributed by atoms with Crippen LogP contribution in [0.1, 0.15) is 12.5 Å². The molecule has 0 bridgehead atoms. The van der Waals surface area contributed by atoms with Crippen LogP contribution >= 0.6 is 11.6 Å². The number of hydrogen-bond donors (Lipinski definition) is 0. The number of rotatable bonds is 4. The smallest absolute Gasteiger partial charge is 0.195 e. The lowest BCUT2D eigenvalue weighted by atomic mass is 10.0. The normalized spacial score (nSPS) is 13.8. The second kappa shape index (κ2) is 4.94. The average Bonchev–Trinajstić information content (AvgIpc) is 2.05. The summed E-state index contributed by atoms with van der Waals surface area (Å²) in [5.41, 5.74) is 0.843. The quantitative estimate of drug-likeness (QED) is 0.770. The molecule has 0 heterocycles. The first-order valence-corrected chi connectivity index (χ1v) is 6.47. The highest BCUT2D eigenvalue weighted by Crippen LogP contribution is 2.19. The standard InChI is InChI=1S/C10H12ClFO2S/c1-8(7-15(12,13)14)6-9-4-2-3-5-10(9)11/h2-5,8H,6-7H2,1H3. The third kappa shape index (κ3) is 4.62. The summed E-state index contributed by atoms with van der Waals surface area (Å²) in [6.45, 7) is 1.68. The molecule has 0 radical (unpaired) electrons. The number of halogens is 2. The minimum Gasteiger partial charge on any atom is -0.195 e. The van der Waals surface area contributed by atoms with Crippen molar-refractivity contribution in [3.05, 3.63) is 34.9 Å². The van der Waals surface area contributed by atoms with Crippen molar-refractivity contribution in [3.8, 4) is 0 Å². The molecule has 0 aliphatic heterocycles. The molecule has 15 heavy (non-hydrogen) atoms. The van der Waals surface area contributed by atoms with Crippen molar-refractivity contribution >= 4 is 21.8 Å². The summed E-state index contributed by atoms with van der Waals surface area (Å²) in [5.74, 6) is -0.738. The maximum atomic E-state index is 12.4. The SMILES string of the molecule is CC(Cc1ccccc1Cl)CS(=O)(=O)F. The fourth-order valence-electron chi connectivity index (χ4n) is 1.44. The highest BCUT2D eigenvalue weighted by Gasteiger charge is 2.15. The van der Waals surface area contributed by atoms with E-state index in [2.05, 4.69) is 0 Å². The molecule has 1 aromatic rings. The maximum absolute atomic E-state index is 12.4. The van der Waals surface area contributed by atoms with Gasteiger partial charge in [0.05, 0.1) is 5.75 Å². The van der Waals surface area contributed by atoms with E-state index < -0.39 is 16.0 Å². The predicted molar refractivity (Wildman–Crippen MR) is 59.2 cm³/mol. The van der Waals surface area contributed by atoms with Crippen LogP contribution in [0.4, 0.5) is 3.89 Å². The molecule has 2 nitrogen and oxygen atoms in total. The molecule has 1 atom stereocenters. The van der Waals surface area contributed by atoms with Gasteiger partial charge in [-0.25, -0.2) is 0 Å². The molecule has 0 spiro atoms. The van der Waals surface area contributed by atoms with Crippen LogP contribution in [0.2, 0.25) is 5.02 Å². The predicted octanol–water partition coefficient (Wildman–Crippen LogP) is 2.82. The molecule has 0 saturated carbocycles. The Hall–Kier alpha value is -0.610. The van der Waals surface area contributed by atoms with Crippen LogP contribution in [0.3, 0.4) is 0 Å². The van der Waals surface area contributed by atoms with E-state index in [9.17, 15) is 12.3 Å². The zero-order valence-electron chi connectivity index (χ0n) is 8.28. The van der Waals surface area contributed by atoms with Crippen molar-refractivity contribution in [3.63, 3.8) is 0 Å². The highest BCUT2D eigenvalue weighted by atomic mass is 35.5. The van der Waals surface area contributed by atoms with Gasteiger partial charge in [-0.2, -0.15) is 8.42 Å². The summed E-state index contributed by atoms with van der Waals surface area (Å²) in [7, 11) is -4.40. The van der Waals surface area contributed by atoms with Gasteiger partial charge < -0.3 is 0 Å². The molecule has 0 saturated heterocycles. The van der Waals surface area contributed by atoms with Crippen molar-refractivity contribution in [2.75, 3.05) is 5.75 Å². The summed E-state index contributed by atoms with van der Waals surface area (Å²) >= 11 is 5.90. The Balaban J connectivity index is 2.67. The van der Waals surface area contributed by atoms with Crippen LogP contribution in [0.15, 0.2) is 24.3 Å². The second-order valence-corrected chi connectivity index (χ2v) is 5.42. The monoisotopic (exact) mass is 250 g/mol. The Labute approximate surface area is 94.3 Å². The van der Waals surface area contributed by atoms with Crippen molar-refractivity contribution in [2.24, 2.45) is 5.92 Å². The zero-order valence-corrected chi connectivity index (χ0v) is 9.85. The summed E-state index contributed by atoms with van der Waals surface area (Å²) in [5, 5.41) is 0.584. The lowest BCUT2D eigenvalue weighted by Gasteiger charge is -2.09. The fraction of sp³-hybridized carbons (Fsp3) is 0.400. The molecule has 0 amide bonds. The van der Waals surface area contributed by atoms with Crippen LogP contribution in [0.25, 0.3) is 0 Å². The van der Waals surface area contributed by atoms with E-state index in [1.54, 1.807) is 19.1 Å². The van der Waals surface area contributed by atoms with E-state index in [0.29, 0.717) is 11.4 Å². The van der Waals surface area contributed by atoms with Gasteiger partial charge >= 0.3 is 10.2 Å². The lowest BCUT2D eigenvalue weighted by Crippen LogP contribution is -2.11. The minimum atomic E-state index is -4.40. The molecule has 0 aliphatic rings. The summed E-state index contributed by atoms with van der Waals surface area (Å²) < 4.78 is 33.2. The van der Waals surface area contributed by atoms with Gasteiger partial charge in [0.25, 0.3) is 0 Å². The average molecular weight is 251 g/mol. The molecule has 0 aliphatic carbocycles. The maximum Gasteiger partial charge on any atom is 0.302 e. The van der Waals surface area contributed by atoms with Crippen molar-refractivity contribution in [1.82, 2.24) is 0 Å². The van der Waals surface area contributed by atoms with E-state index in [-0.39, 0.29) is 5.92 Å². The van der Waals surface area contributed by atoms with Gasteiger partial charge in [-0.15, -0.1) is 3.89 Å². The molecule has 1 rings (SSSR count). The summed E-state index contributed by atoms with van der Waals surface area (Å²) in [6, 6.07) is 7.15. The van der Waals surface area contributed by atoms with Crippen LogP contribution in [0.5, 0.6) is 0 Å². The van der Waals surface area contributed by atoms with E-state index in [1.165, 1.54) is 0 Å². The molecular formula is C10H12ClFO2S. The van der Waals surface area contributed by atoms with Crippen LogP contribution in [0, 0.1) is 5.92 Å². The molecule has 1 aromatic carbocycles. The van der Waals surface area contributed by atoms with Gasteiger partial charge in [0, 0.05) is 5.02 Å².